The van der Waals surface area contributed by atoms with Gasteiger partial charge in [-0.1, -0.05) is 364 Å². The molecule has 0 atom stereocenters. The van der Waals surface area contributed by atoms with Gasteiger partial charge in [0.1, 0.15) is 33.5 Å². The van der Waals surface area contributed by atoms with Gasteiger partial charge >= 0.3 is 0 Å². The molecule has 0 spiro atoms. The molecule has 117 heavy (non-hydrogen) atoms. The van der Waals surface area contributed by atoms with Crippen molar-refractivity contribution in [2.45, 2.75) is 0 Å². The van der Waals surface area contributed by atoms with Crippen molar-refractivity contribution >= 4 is 98.9 Å². The van der Waals surface area contributed by atoms with Crippen molar-refractivity contribution in [3.8, 4) is 123 Å². The van der Waals surface area contributed by atoms with Crippen molar-refractivity contribution in [1.29, 1.82) is 0 Å². The SMILES string of the molecule is c1ccc(-c2nc3ccc(-c4ccc(-c5cccc6c5oc5ccccc56)cc4)cc3nc2-c2ccccc2)cc1.c1ccc(-c2nc3cccc(-c4ccc(-c5cccc6c5oc5ccccc56)cc4)c3nc2-c2ccccc2)cc1.c1ccc(-c2nc3ccccc3nc2-c2ccc(-c3cccc4c3oc3ccccc34)cc2)cc1. The summed E-state index contributed by atoms with van der Waals surface area (Å²) in [5, 5.41) is 6.82. The second-order valence-electron chi connectivity index (χ2n) is 29.0. The Bertz CT molecular complexity index is 7600. The number of para-hydroxylation sites is 9. The summed E-state index contributed by atoms with van der Waals surface area (Å²) in [6, 6.07) is 142. The number of rotatable bonds is 11. The third-order valence-electron chi connectivity index (χ3n) is 21.9. The summed E-state index contributed by atoms with van der Waals surface area (Å²) in [6.07, 6.45) is 0. The van der Waals surface area contributed by atoms with Crippen LogP contribution in [0.25, 0.3) is 222 Å². The highest BCUT2D eigenvalue weighted by Gasteiger charge is 2.22. The third kappa shape index (κ3) is 13.1. The zero-order valence-electron chi connectivity index (χ0n) is 63.2. The molecule has 0 saturated carbocycles. The van der Waals surface area contributed by atoms with Gasteiger partial charge in [0.15, 0.2) is 0 Å². The summed E-state index contributed by atoms with van der Waals surface area (Å²) in [7, 11) is 0. The van der Waals surface area contributed by atoms with E-state index in [2.05, 4.69) is 249 Å². The molecule has 17 aromatic carbocycles. The minimum atomic E-state index is 0.872. The molecule has 0 aliphatic rings. The van der Waals surface area contributed by atoms with Crippen LogP contribution in [0.15, 0.2) is 426 Å². The number of fused-ring (bicyclic) bond motifs is 12. The van der Waals surface area contributed by atoms with E-state index in [1.807, 2.05) is 164 Å². The Morgan fingerprint density at radius 1 is 0.145 bits per heavy atom. The second kappa shape index (κ2) is 30.0. The first-order valence-corrected chi connectivity index (χ1v) is 39.2. The topological polar surface area (TPSA) is 117 Å². The number of nitrogens with zero attached hydrogens (tertiary/aromatic N) is 6. The van der Waals surface area contributed by atoms with Gasteiger partial charge in [-0.15, -0.1) is 0 Å². The van der Waals surface area contributed by atoms with Crippen molar-refractivity contribution < 1.29 is 13.3 Å². The van der Waals surface area contributed by atoms with Gasteiger partial charge in [-0.05, 0) is 81.9 Å². The fraction of sp³-hybridized carbons (Fsp3) is 0. The fourth-order valence-corrected chi connectivity index (χ4v) is 16.1. The number of hydrogen-bond donors (Lipinski definition) is 0. The molecule has 6 aromatic heterocycles. The molecule has 23 aromatic rings. The molecule has 0 amide bonds. The predicted molar refractivity (Wildman–Crippen MR) is 480 cm³/mol. The van der Waals surface area contributed by atoms with Gasteiger partial charge in [0.2, 0.25) is 0 Å². The first-order chi connectivity index (χ1) is 58.0. The van der Waals surface area contributed by atoms with E-state index in [9.17, 15) is 0 Å². The molecule has 0 saturated heterocycles. The fourth-order valence-electron chi connectivity index (χ4n) is 16.1. The predicted octanol–water partition coefficient (Wildman–Crippen LogP) is 28.9. The second-order valence-corrected chi connectivity index (χ2v) is 29.0. The average molecular weight is 1500 g/mol. The summed E-state index contributed by atoms with van der Waals surface area (Å²) in [6.45, 7) is 0. The van der Waals surface area contributed by atoms with Crippen molar-refractivity contribution in [3.63, 3.8) is 0 Å². The maximum absolute atomic E-state index is 6.30. The lowest BCUT2D eigenvalue weighted by atomic mass is 9.97. The Balaban J connectivity index is 0.000000110. The summed E-state index contributed by atoms with van der Waals surface area (Å²) < 4.78 is 18.8. The van der Waals surface area contributed by atoms with E-state index in [4.69, 9.17) is 43.2 Å². The standard InChI is InChI=1S/2C38H24N2O.C32H20N2O/c1-3-11-27(12-4-1)35-36(28-13-5-2-6-14-28)40-37-29(16-10-19-33(37)39-35)25-21-23-26(24-22-25)30-17-9-18-32-31-15-7-8-20-34(31)41-38(30)32;1-3-10-27(11-4-1)36-37(28-12-5-2-6-13-28)40-34-24-29(22-23-33(34)39-36)25-18-20-26(21-19-25)30-15-9-16-32-31-14-7-8-17-35(31)41-38(30)32;1-2-9-22(10-3-1)30-31(34-28-15-6-5-14-27(28)33-30)23-19-17-21(18-20-23)24-12-8-13-26-25-11-4-7-16-29(25)35-32(24)26/h2*1-24H;1-20H. The lowest BCUT2D eigenvalue weighted by Crippen LogP contribution is -1.97. The van der Waals surface area contributed by atoms with Gasteiger partial charge in [0.05, 0.1) is 67.3 Å². The molecule has 0 bridgehead atoms. The zero-order chi connectivity index (χ0) is 77.5. The lowest BCUT2D eigenvalue weighted by Gasteiger charge is -2.13. The summed E-state index contributed by atoms with van der Waals surface area (Å²) in [5.41, 5.74) is 33.3. The molecule has 23 rings (SSSR count). The highest BCUT2D eigenvalue weighted by molar-refractivity contribution is 6.12. The van der Waals surface area contributed by atoms with Crippen molar-refractivity contribution in [2.24, 2.45) is 0 Å². The molecule has 548 valence electrons. The highest BCUT2D eigenvalue weighted by atomic mass is 16.3. The van der Waals surface area contributed by atoms with E-state index >= 15 is 0 Å². The van der Waals surface area contributed by atoms with Crippen LogP contribution in [0.5, 0.6) is 0 Å². The molecule has 9 nitrogen and oxygen atoms in total. The monoisotopic (exact) mass is 1500 g/mol. The summed E-state index contributed by atoms with van der Waals surface area (Å²) >= 11 is 0. The number of benzene rings is 17. The van der Waals surface area contributed by atoms with Crippen LogP contribution >= 0.6 is 0 Å². The van der Waals surface area contributed by atoms with Crippen LogP contribution in [-0.2, 0) is 0 Å². The van der Waals surface area contributed by atoms with Gasteiger partial charge in [-0.2, -0.15) is 0 Å². The number of hydrogen-bond acceptors (Lipinski definition) is 9. The largest absolute Gasteiger partial charge is 0.455 e. The highest BCUT2D eigenvalue weighted by Crippen LogP contribution is 2.43. The first-order valence-electron chi connectivity index (χ1n) is 39.2. The lowest BCUT2D eigenvalue weighted by molar-refractivity contribution is 0.669. The number of aromatic nitrogens is 6. The van der Waals surface area contributed by atoms with Crippen LogP contribution in [0, 0.1) is 0 Å². The Kier molecular flexibility index (Phi) is 17.7. The Morgan fingerprint density at radius 3 is 0.778 bits per heavy atom. The maximum atomic E-state index is 6.30. The molecule has 0 fully saturated rings. The average Bonchev–Trinajstić information content (AvgIpc) is 1.70. The van der Waals surface area contributed by atoms with Crippen molar-refractivity contribution in [3.05, 3.63) is 413 Å². The van der Waals surface area contributed by atoms with Crippen LogP contribution in [0.1, 0.15) is 0 Å². The van der Waals surface area contributed by atoms with Crippen LogP contribution in [0.3, 0.4) is 0 Å². The van der Waals surface area contributed by atoms with Crippen LogP contribution in [0.4, 0.5) is 0 Å². The molecule has 0 aliphatic carbocycles. The van der Waals surface area contributed by atoms with Crippen LogP contribution in [-0.4, -0.2) is 29.9 Å². The summed E-state index contributed by atoms with van der Waals surface area (Å²) in [4.78, 5) is 30.7. The van der Waals surface area contributed by atoms with Crippen LogP contribution < -0.4 is 0 Å². The maximum Gasteiger partial charge on any atom is 0.143 e. The minimum Gasteiger partial charge on any atom is -0.455 e. The normalized spacial score (nSPS) is 11.4. The van der Waals surface area contributed by atoms with E-state index in [0.29, 0.717) is 0 Å². The quantitative estimate of drug-likeness (QED) is 0.125. The van der Waals surface area contributed by atoms with E-state index in [-0.39, 0.29) is 0 Å². The van der Waals surface area contributed by atoms with Gasteiger partial charge in [-0.25, -0.2) is 29.9 Å². The molecule has 9 heteroatoms. The Hall–Kier alpha value is -15.8. The zero-order valence-corrected chi connectivity index (χ0v) is 63.2. The van der Waals surface area contributed by atoms with Gasteiger partial charge in [-0.3, -0.25) is 0 Å². The van der Waals surface area contributed by atoms with Gasteiger partial charge < -0.3 is 13.3 Å². The molecule has 6 heterocycles. The van der Waals surface area contributed by atoms with Gasteiger partial charge in [0, 0.05) is 88.0 Å². The number of furan rings is 3. The van der Waals surface area contributed by atoms with Crippen molar-refractivity contribution in [1.82, 2.24) is 29.9 Å². The molecule has 0 radical (unpaired) electrons. The molecular formula is C108H68N6O3. The minimum absolute atomic E-state index is 0.872. The van der Waals surface area contributed by atoms with Crippen LogP contribution in [0.2, 0.25) is 0 Å². The van der Waals surface area contributed by atoms with Crippen molar-refractivity contribution in [2.75, 3.05) is 0 Å². The van der Waals surface area contributed by atoms with E-state index in [0.717, 1.165) is 222 Å². The molecule has 0 unspecified atom stereocenters. The third-order valence-corrected chi connectivity index (χ3v) is 21.9. The first kappa shape index (κ1) is 69.1. The van der Waals surface area contributed by atoms with E-state index < -0.39 is 0 Å². The Labute approximate surface area is 673 Å². The molecular weight excluding hydrogens is 1430 g/mol. The summed E-state index contributed by atoms with van der Waals surface area (Å²) in [5.74, 6) is 0. The smallest absolute Gasteiger partial charge is 0.143 e. The molecule has 0 aliphatic heterocycles. The van der Waals surface area contributed by atoms with E-state index in [1.165, 1.54) is 0 Å². The van der Waals surface area contributed by atoms with Gasteiger partial charge in [0.25, 0.3) is 0 Å². The van der Waals surface area contributed by atoms with E-state index in [1.54, 1.807) is 0 Å². The molecule has 0 N–H and O–H groups in total. The Morgan fingerprint density at radius 2 is 0.393 bits per heavy atom.